The molecule has 1 aliphatic carbocycles. The Labute approximate surface area is 138 Å². The zero-order valence-corrected chi connectivity index (χ0v) is 13.9. The van der Waals surface area contributed by atoms with Crippen molar-refractivity contribution >= 4 is 5.91 Å². The Morgan fingerprint density at radius 1 is 1.22 bits per heavy atom. The highest BCUT2D eigenvalue weighted by molar-refractivity contribution is 5.88. The molecular weight excluding hydrogens is 290 g/mol. The lowest BCUT2D eigenvalue weighted by atomic mass is 9.68. The van der Waals surface area contributed by atoms with Gasteiger partial charge in [0, 0.05) is 13.7 Å². The van der Waals surface area contributed by atoms with Crippen LogP contribution in [0, 0.1) is 0 Å². The fourth-order valence-electron chi connectivity index (χ4n) is 3.98. The van der Waals surface area contributed by atoms with E-state index in [-0.39, 0.29) is 23.5 Å². The lowest BCUT2D eigenvalue weighted by molar-refractivity contribution is -0.132. The third-order valence-electron chi connectivity index (χ3n) is 5.39. The maximum atomic E-state index is 13.2. The van der Waals surface area contributed by atoms with Gasteiger partial charge in [0.25, 0.3) is 0 Å². The van der Waals surface area contributed by atoms with E-state index >= 15 is 0 Å². The monoisotopic (exact) mass is 317 g/mol. The van der Waals surface area contributed by atoms with Gasteiger partial charge in [0.15, 0.2) is 0 Å². The molecular formula is C19H27NO3. The second-order valence-corrected chi connectivity index (χ2v) is 6.73. The number of nitrogens with one attached hydrogen (secondary N) is 1. The Kier molecular flexibility index (Phi) is 5.34. The predicted molar refractivity (Wildman–Crippen MR) is 89.4 cm³/mol. The van der Waals surface area contributed by atoms with Crippen molar-refractivity contribution in [2.45, 2.75) is 56.1 Å². The summed E-state index contributed by atoms with van der Waals surface area (Å²) in [4.78, 5) is 13.2. The van der Waals surface area contributed by atoms with Gasteiger partial charge in [-0.3, -0.25) is 4.79 Å². The van der Waals surface area contributed by atoms with Crippen molar-refractivity contribution < 1.29 is 14.3 Å². The maximum absolute atomic E-state index is 13.2. The van der Waals surface area contributed by atoms with Crippen molar-refractivity contribution in [3.8, 4) is 0 Å². The van der Waals surface area contributed by atoms with Crippen molar-refractivity contribution in [2.24, 2.45) is 0 Å². The average Bonchev–Trinajstić information content (AvgIpc) is 2.63. The minimum atomic E-state index is -0.379. The summed E-state index contributed by atoms with van der Waals surface area (Å²) in [6, 6.07) is 10.3. The highest BCUT2D eigenvalue weighted by Gasteiger charge is 2.42. The standard InChI is InChI=1S/C19H27NO3/c1-22-17-14-23-13-10-16(17)20-18(21)19(11-6-3-7-12-19)15-8-4-2-5-9-15/h2,4-5,8-9,16-17H,3,6-7,10-14H2,1H3,(H,20,21)/t16-,17-/m1/s1. The fourth-order valence-corrected chi connectivity index (χ4v) is 3.98. The number of carbonyl (C=O) groups is 1. The molecule has 126 valence electrons. The normalized spacial score (nSPS) is 27.3. The van der Waals surface area contributed by atoms with Gasteiger partial charge in [0.2, 0.25) is 5.91 Å². The molecule has 1 aromatic carbocycles. The van der Waals surface area contributed by atoms with E-state index in [1.165, 1.54) is 6.42 Å². The number of amides is 1. The molecule has 3 rings (SSSR count). The molecule has 0 unspecified atom stereocenters. The molecule has 0 radical (unpaired) electrons. The molecule has 1 heterocycles. The van der Waals surface area contributed by atoms with Gasteiger partial charge in [-0.2, -0.15) is 0 Å². The summed E-state index contributed by atoms with van der Waals surface area (Å²) in [5.41, 5.74) is 0.772. The maximum Gasteiger partial charge on any atom is 0.230 e. The highest BCUT2D eigenvalue weighted by Crippen LogP contribution is 2.40. The van der Waals surface area contributed by atoms with Crippen molar-refractivity contribution in [3.63, 3.8) is 0 Å². The van der Waals surface area contributed by atoms with Crippen LogP contribution in [-0.2, 0) is 19.7 Å². The summed E-state index contributed by atoms with van der Waals surface area (Å²) in [5.74, 6) is 0.164. The van der Waals surface area contributed by atoms with Gasteiger partial charge in [-0.1, -0.05) is 49.6 Å². The Morgan fingerprint density at radius 3 is 2.65 bits per heavy atom. The van der Waals surface area contributed by atoms with Gasteiger partial charge in [-0.25, -0.2) is 0 Å². The van der Waals surface area contributed by atoms with Crippen LogP contribution in [0.15, 0.2) is 30.3 Å². The second kappa shape index (κ2) is 7.45. The zero-order valence-electron chi connectivity index (χ0n) is 13.9. The lowest BCUT2D eigenvalue weighted by Crippen LogP contribution is -2.55. The third-order valence-corrected chi connectivity index (χ3v) is 5.39. The van der Waals surface area contributed by atoms with Gasteiger partial charge in [-0.05, 0) is 24.8 Å². The Balaban J connectivity index is 1.81. The van der Waals surface area contributed by atoms with Crippen LogP contribution in [-0.4, -0.2) is 38.4 Å². The van der Waals surface area contributed by atoms with Crippen LogP contribution in [0.4, 0.5) is 0 Å². The number of hydrogen-bond donors (Lipinski definition) is 1. The molecule has 1 amide bonds. The number of benzene rings is 1. The number of carbonyl (C=O) groups excluding carboxylic acids is 1. The first-order valence-corrected chi connectivity index (χ1v) is 8.73. The molecule has 1 N–H and O–H groups in total. The largest absolute Gasteiger partial charge is 0.379 e. The van der Waals surface area contributed by atoms with Crippen LogP contribution >= 0.6 is 0 Å². The van der Waals surface area contributed by atoms with E-state index in [1.807, 2.05) is 18.2 Å². The number of rotatable bonds is 4. The molecule has 1 saturated carbocycles. The van der Waals surface area contributed by atoms with Crippen LogP contribution in [0.25, 0.3) is 0 Å². The quantitative estimate of drug-likeness (QED) is 0.929. The number of ether oxygens (including phenoxy) is 2. The Morgan fingerprint density at radius 2 is 1.96 bits per heavy atom. The van der Waals surface area contributed by atoms with Crippen molar-refractivity contribution in [3.05, 3.63) is 35.9 Å². The van der Waals surface area contributed by atoms with E-state index < -0.39 is 0 Å². The first-order valence-electron chi connectivity index (χ1n) is 8.73. The van der Waals surface area contributed by atoms with Crippen molar-refractivity contribution in [1.82, 2.24) is 5.32 Å². The first kappa shape index (κ1) is 16.5. The van der Waals surface area contributed by atoms with Crippen LogP contribution < -0.4 is 5.32 Å². The summed E-state index contributed by atoms with van der Waals surface area (Å²) in [6.07, 6.45) is 6.08. The molecule has 4 nitrogen and oxygen atoms in total. The number of methoxy groups -OCH3 is 1. The van der Waals surface area contributed by atoms with Gasteiger partial charge in [0.1, 0.15) is 6.10 Å². The highest BCUT2D eigenvalue weighted by atomic mass is 16.5. The Bertz CT molecular complexity index is 511. The molecule has 0 aromatic heterocycles. The van der Waals surface area contributed by atoms with E-state index in [1.54, 1.807) is 7.11 Å². The van der Waals surface area contributed by atoms with Crippen LogP contribution in [0.1, 0.15) is 44.1 Å². The fraction of sp³-hybridized carbons (Fsp3) is 0.632. The summed E-state index contributed by atoms with van der Waals surface area (Å²) in [5, 5.41) is 3.28. The minimum absolute atomic E-state index is 0.0452. The van der Waals surface area contributed by atoms with E-state index in [0.29, 0.717) is 13.2 Å². The Hall–Kier alpha value is -1.39. The lowest BCUT2D eigenvalue weighted by Gasteiger charge is -2.39. The van der Waals surface area contributed by atoms with Gasteiger partial charge in [0.05, 0.1) is 18.1 Å². The molecule has 1 aliphatic heterocycles. The second-order valence-electron chi connectivity index (χ2n) is 6.73. The van der Waals surface area contributed by atoms with E-state index in [2.05, 4.69) is 17.4 Å². The molecule has 0 bridgehead atoms. The van der Waals surface area contributed by atoms with Gasteiger partial charge >= 0.3 is 0 Å². The summed E-state index contributed by atoms with van der Waals surface area (Å²) in [7, 11) is 1.69. The molecule has 0 spiro atoms. The minimum Gasteiger partial charge on any atom is -0.379 e. The topological polar surface area (TPSA) is 47.6 Å². The molecule has 23 heavy (non-hydrogen) atoms. The molecule has 2 atom stereocenters. The predicted octanol–water partition coefficient (Wildman–Crippen LogP) is 2.81. The molecule has 2 fully saturated rings. The smallest absolute Gasteiger partial charge is 0.230 e. The van der Waals surface area contributed by atoms with Crippen molar-refractivity contribution in [2.75, 3.05) is 20.3 Å². The summed E-state index contributed by atoms with van der Waals surface area (Å²) >= 11 is 0. The van der Waals surface area contributed by atoms with Gasteiger partial charge < -0.3 is 14.8 Å². The summed E-state index contributed by atoms with van der Waals surface area (Å²) < 4.78 is 11.0. The molecule has 2 aliphatic rings. The first-order chi connectivity index (χ1) is 11.3. The van der Waals surface area contributed by atoms with E-state index in [9.17, 15) is 4.79 Å². The molecule has 1 saturated heterocycles. The van der Waals surface area contributed by atoms with Crippen LogP contribution in [0.3, 0.4) is 0 Å². The summed E-state index contributed by atoms with van der Waals surface area (Å²) in [6.45, 7) is 1.24. The van der Waals surface area contributed by atoms with E-state index in [4.69, 9.17) is 9.47 Å². The van der Waals surface area contributed by atoms with E-state index in [0.717, 1.165) is 37.7 Å². The average molecular weight is 317 g/mol. The SMILES string of the molecule is CO[C@@H]1COCC[C@H]1NC(=O)C1(c2ccccc2)CCCCC1. The third kappa shape index (κ3) is 3.43. The molecule has 4 heteroatoms. The zero-order chi connectivity index (χ0) is 16.1. The molecule has 1 aromatic rings. The van der Waals surface area contributed by atoms with Crippen molar-refractivity contribution in [1.29, 1.82) is 0 Å². The van der Waals surface area contributed by atoms with Crippen LogP contribution in [0.5, 0.6) is 0 Å². The van der Waals surface area contributed by atoms with Gasteiger partial charge in [-0.15, -0.1) is 0 Å². The number of hydrogen-bond acceptors (Lipinski definition) is 3. The van der Waals surface area contributed by atoms with Crippen LogP contribution in [0.2, 0.25) is 0 Å².